The number of amides is 1. The minimum atomic E-state index is -0.149. The van der Waals surface area contributed by atoms with Crippen molar-refractivity contribution in [1.82, 2.24) is 24.7 Å². The molecule has 27 heavy (non-hydrogen) atoms. The van der Waals surface area contributed by atoms with Gasteiger partial charge in [-0.05, 0) is 24.3 Å². The summed E-state index contributed by atoms with van der Waals surface area (Å²) in [5.41, 5.74) is 1.51. The molecule has 1 aromatic carbocycles. The minimum absolute atomic E-state index is 0.0693. The number of carbonyl (C=O) groups is 1. The summed E-state index contributed by atoms with van der Waals surface area (Å²) < 4.78 is 7.83. The number of nitrogens with zero attached hydrogens (tertiary/aromatic N) is 6. The van der Waals surface area contributed by atoms with Gasteiger partial charge in [0.05, 0.1) is 24.0 Å². The van der Waals surface area contributed by atoms with E-state index in [2.05, 4.69) is 20.1 Å². The van der Waals surface area contributed by atoms with Crippen LogP contribution < -0.4 is 9.64 Å². The lowest BCUT2D eigenvalue weighted by molar-refractivity contribution is -0.119. The first kappa shape index (κ1) is 17.1. The zero-order valence-electron chi connectivity index (χ0n) is 14.5. The Morgan fingerprint density at radius 2 is 2.19 bits per heavy atom. The summed E-state index contributed by atoms with van der Waals surface area (Å²) in [4.78, 5) is 27.5. The molecule has 0 fully saturated rings. The van der Waals surface area contributed by atoms with E-state index in [0.717, 1.165) is 15.9 Å². The van der Waals surface area contributed by atoms with Crippen LogP contribution in [0.1, 0.15) is 5.69 Å². The van der Waals surface area contributed by atoms with E-state index in [1.165, 1.54) is 28.7 Å². The molecule has 3 aromatic heterocycles. The van der Waals surface area contributed by atoms with Gasteiger partial charge in [0.25, 0.3) is 5.91 Å². The molecule has 136 valence electrons. The summed E-state index contributed by atoms with van der Waals surface area (Å²) in [5, 5.41) is 4.60. The summed E-state index contributed by atoms with van der Waals surface area (Å²) in [6.07, 6.45) is 4.62. The first-order valence-corrected chi connectivity index (χ1v) is 9.02. The average Bonchev–Trinajstić information content (AvgIpc) is 3.36. The molecule has 0 aliphatic carbocycles. The van der Waals surface area contributed by atoms with Gasteiger partial charge in [0, 0.05) is 6.20 Å². The van der Waals surface area contributed by atoms with E-state index in [0.29, 0.717) is 17.4 Å². The highest BCUT2D eigenvalue weighted by Crippen LogP contribution is 2.34. The number of para-hydroxylation sites is 1. The molecule has 9 heteroatoms. The minimum Gasteiger partial charge on any atom is -0.494 e. The highest BCUT2D eigenvalue weighted by molar-refractivity contribution is 7.22. The Labute approximate surface area is 159 Å². The van der Waals surface area contributed by atoms with Crippen molar-refractivity contribution in [3.05, 3.63) is 60.9 Å². The number of ether oxygens (including phenoxy) is 1. The van der Waals surface area contributed by atoms with Crippen LogP contribution in [0, 0.1) is 0 Å². The molecule has 0 bridgehead atoms. The Morgan fingerprint density at radius 1 is 1.26 bits per heavy atom. The number of pyridine rings is 1. The van der Waals surface area contributed by atoms with Crippen molar-refractivity contribution in [1.29, 1.82) is 0 Å². The standard InChI is InChI=1S/C18H16N6O2S/c1-26-14-6-4-7-15-17(14)22-18(27-15)24(9-13-5-2-3-8-20-13)16(25)10-23-12-19-11-21-23/h2-8,11-12H,9-10H2,1H3. The lowest BCUT2D eigenvalue weighted by atomic mass is 10.3. The smallest absolute Gasteiger partial charge is 0.250 e. The van der Waals surface area contributed by atoms with Crippen molar-refractivity contribution in [2.45, 2.75) is 13.1 Å². The number of hydrogen-bond donors (Lipinski definition) is 0. The molecule has 0 aliphatic heterocycles. The first-order chi connectivity index (χ1) is 13.2. The van der Waals surface area contributed by atoms with Gasteiger partial charge in [-0.3, -0.25) is 14.7 Å². The number of rotatable bonds is 6. The van der Waals surface area contributed by atoms with Gasteiger partial charge in [-0.25, -0.2) is 14.6 Å². The van der Waals surface area contributed by atoms with E-state index >= 15 is 0 Å². The highest BCUT2D eigenvalue weighted by atomic mass is 32.1. The van der Waals surface area contributed by atoms with E-state index < -0.39 is 0 Å². The van der Waals surface area contributed by atoms with E-state index in [1.807, 2.05) is 36.4 Å². The number of hydrogen-bond acceptors (Lipinski definition) is 7. The molecule has 4 aromatic rings. The van der Waals surface area contributed by atoms with Crippen molar-refractivity contribution in [3.8, 4) is 5.75 Å². The van der Waals surface area contributed by atoms with Crippen molar-refractivity contribution in [3.63, 3.8) is 0 Å². The van der Waals surface area contributed by atoms with Crippen LogP contribution in [-0.4, -0.2) is 37.7 Å². The third kappa shape index (κ3) is 3.63. The number of benzene rings is 1. The highest BCUT2D eigenvalue weighted by Gasteiger charge is 2.22. The average molecular weight is 380 g/mol. The van der Waals surface area contributed by atoms with Gasteiger partial charge in [0.1, 0.15) is 30.5 Å². The predicted octanol–water partition coefficient (Wildman–Crippen LogP) is 2.52. The fourth-order valence-corrected chi connectivity index (χ4v) is 3.65. The van der Waals surface area contributed by atoms with Crippen LogP contribution in [0.3, 0.4) is 0 Å². The third-order valence-corrected chi connectivity index (χ3v) is 4.98. The van der Waals surface area contributed by atoms with Gasteiger partial charge in [-0.2, -0.15) is 5.10 Å². The second kappa shape index (κ2) is 7.50. The number of aromatic nitrogens is 5. The van der Waals surface area contributed by atoms with Gasteiger partial charge >= 0.3 is 0 Å². The SMILES string of the molecule is COc1cccc2sc(N(Cc3ccccn3)C(=O)Cn3cncn3)nc12. The fourth-order valence-electron chi connectivity index (χ4n) is 2.65. The molecular weight excluding hydrogens is 364 g/mol. The van der Waals surface area contributed by atoms with Crippen molar-refractivity contribution >= 4 is 32.6 Å². The summed E-state index contributed by atoms with van der Waals surface area (Å²) in [6, 6.07) is 11.3. The van der Waals surface area contributed by atoms with Crippen LogP contribution in [0.2, 0.25) is 0 Å². The predicted molar refractivity (Wildman–Crippen MR) is 102 cm³/mol. The number of anilines is 1. The second-order valence-corrected chi connectivity index (χ2v) is 6.71. The number of carbonyl (C=O) groups excluding carboxylic acids is 1. The van der Waals surface area contributed by atoms with Gasteiger partial charge in [0.15, 0.2) is 5.13 Å². The molecule has 0 N–H and O–H groups in total. The maximum atomic E-state index is 13.0. The Hall–Kier alpha value is -3.33. The Bertz CT molecular complexity index is 1050. The number of fused-ring (bicyclic) bond motifs is 1. The maximum absolute atomic E-state index is 13.0. The molecule has 8 nitrogen and oxygen atoms in total. The summed E-state index contributed by atoms with van der Waals surface area (Å²) >= 11 is 1.44. The van der Waals surface area contributed by atoms with E-state index in [-0.39, 0.29) is 12.5 Å². The zero-order chi connectivity index (χ0) is 18.6. The molecule has 4 rings (SSSR count). The quantitative estimate of drug-likeness (QED) is 0.511. The molecule has 0 unspecified atom stereocenters. The lowest BCUT2D eigenvalue weighted by Crippen LogP contribution is -2.33. The zero-order valence-corrected chi connectivity index (χ0v) is 15.3. The van der Waals surface area contributed by atoms with Gasteiger partial charge in [0.2, 0.25) is 0 Å². The molecule has 0 atom stereocenters. The third-order valence-electron chi connectivity index (χ3n) is 3.93. The topological polar surface area (TPSA) is 86.0 Å². The van der Waals surface area contributed by atoms with E-state index in [1.54, 1.807) is 18.2 Å². The number of methoxy groups -OCH3 is 1. The summed E-state index contributed by atoms with van der Waals surface area (Å²) in [7, 11) is 1.61. The molecule has 0 aliphatic rings. The van der Waals surface area contributed by atoms with Crippen molar-refractivity contribution in [2.24, 2.45) is 0 Å². The van der Waals surface area contributed by atoms with Gasteiger partial charge < -0.3 is 4.74 Å². The van der Waals surface area contributed by atoms with E-state index in [4.69, 9.17) is 4.74 Å². The van der Waals surface area contributed by atoms with Crippen molar-refractivity contribution in [2.75, 3.05) is 12.0 Å². The first-order valence-electron chi connectivity index (χ1n) is 8.21. The van der Waals surface area contributed by atoms with Gasteiger partial charge in [-0.15, -0.1) is 0 Å². The molecular formula is C18H16N6O2S. The second-order valence-electron chi connectivity index (χ2n) is 5.70. The molecule has 3 heterocycles. The lowest BCUT2D eigenvalue weighted by Gasteiger charge is -2.19. The normalized spacial score (nSPS) is 10.9. The fraction of sp³-hybridized carbons (Fsp3) is 0.167. The van der Waals surface area contributed by atoms with E-state index in [9.17, 15) is 4.79 Å². The maximum Gasteiger partial charge on any atom is 0.250 e. The Morgan fingerprint density at radius 3 is 2.93 bits per heavy atom. The van der Waals surface area contributed by atoms with Crippen molar-refractivity contribution < 1.29 is 9.53 Å². The monoisotopic (exact) mass is 380 g/mol. The van der Waals surface area contributed by atoms with Crippen LogP contribution in [0.25, 0.3) is 10.2 Å². The van der Waals surface area contributed by atoms with Crippen LogP contribution in [-0.2, 0) is 17.9 Å². The van der Waals surface area contributed by atoms with Crippen LogP contribution in [0.4, 0.5) is 5.13 Å². The molecule has 0 saturated heterocycles. The Balaban J connectivity index is 1.71. The molecule has 0 saturated carbocycles. The largest absolute Gasteiger partial charge is 0.494 e. The Kier molecular flexibility index (Phi) is 4.75. The molecule has 1 amide bonds. The van der Waals surface area contributed by atoms with Gasteiger partial charge in [-0.1, -0.05) is 23.5 Å². The summed E-state index contributed by atoms with van der Waals surface area (Å²) in [5.74, 6) is 0.528. The number of thiazole rings is 1. The van der Waals surface area contributed by atoms with Crippen LogP contribution >= 0.6 is 11.3 Å². The van der Waals surface area contributed by atoms with Crippen LogP contribution in [0.15, 0.2) is 55.2 Å². The molecule has 0 spiro atoms. The summed E-state index contributed by atoms with van der Waals surface area (Å²) in [6.45, 7) is 0.385. The van der Waals surface area contributed by atoms with Crippen LogP contribution in [0.5, 0.6) is 5.75 Å². The molecule has 0 radical (unpaired) electrons.